The van der Waals surface area contributed by atoms with E-state index in [1.165, 1.54) is 6.92 Å². The summed E-state index contributed by atoms with van der Waals surface area (Å²) in [6, 6.07) is 10.5. The fourth-order valence-electron chi connectivity index (χ4n) is 2.59. The van der Waals surface area contributed by atoms with Crippen LogP contribution in [0, 0.1) is 13.8 Å². The highest BCUT2D eigenvalue weighted by atomic mass is 35.5. The van der Waals surface area contributed by atoms with Gasteiger partial charge in [-0.2, -0.15) is 0 Å². The van der Waals surface area contributed by atoms with Gasteiger partial charge in [-0.15, -0.1) is 0 Å². The molecule has 0 aliphatic rings. The number of aryl methyl sites for hydroxylation is 2. The minimum absolute atomic E-state index is 0.0331. The molecule has 0 N–H and O–H groups in total. The van der Waals surface area contributed by atoms with Gasteiger partial charge in [-0.25, -0.2) is 0 Å². The minimum Gasteiger partial charge on any atom is -0.475 e. The highest BCUT2D eigenvalue weighted by Crippen LogP contribution is 2.33. The van der Waals surface area contributed by atoms with Crippen molar-refractivity contribution in [3.63, 3.8) is 0 Å². The molecule has 3 aromatic rings. The number of Topliss-reactive ketones (excluding diaryl/α,β-unsaturated/α-hetero) is 1. The van der Waals surface area contributed by atoms with Crippen LogP contribution in [0.15, 0.2) is 45.6 Å². The van der Waals surface area contributed by atoms with Crippen LogP contribution >= 0.6 is 11.6 Å². The van der Waals surface area contributed by atoms with Crippen molar-refractivity contribution in [2.24, 2.45) is 0 Å². The first-order valence-corrected chi connectivity index (χ1v) is 8.67. The number of rotatable bonds is 4. The number of fused-ring (bicyclic) bond motifs is 1. The van der Waals surface area contributed by atoms with Crippen molar-refractivity contribution in [3.8, 4) is 17.1 Å². The maximum atomic E-state index is 13.1. The molecule has 1 aromatic heterocycles. The standard InChI is InChI=1S/C21H19ClO4/c1-11-9-17-18(10-12(11)2)26-20(15-5-7-16(22)8-6-15)21(19(17)24)25-14(4)13(3)23/h5-10,14H,1-4H3/t14-/m0/s1. The van der Waals surface area contributed by atoms with E-state index in [1.54, 1.807) is 37.3 Å². The third kappa shape index (κ3) is 3.37. The van der Waals surface area contributed by atoms with Gasteiger partial charge < -0.3 is 9.15 Å². The minimum atomic E-state index is -0.757. The smallest absolute Gasteiger partial charge is 0.235 e. The van der Waals surface area contributed by atoms with E-state index in [4.69, 9.17) is 20.8 Å². The number of ether oxygens (including phenoxy) is 1. The predicted octanol–water partition coefficient (Wildman–Crippen LogP) is 5.09. The van der Waals surface area contributed by atoms with E-state index in [-0.39, 0.29) is 22.7 Å². The fourth-order valence-corrected chi connectivity index (χ4v) is 2.72. The number of benzene rings is 2. The Morgan fingerprint density at radius 3 is 2.35 bits per heavy atom. The molecule has 5 heteroatoms. The van der Waals surface area contributed by atoms with Crippen molar-refractivity contribution in [2.75, 3.05) is 0 Å². The lowest BCUT2D eigenvalue weighted by Crippen LogP contribution is -2.24. The van der Waals surface area contributed by atoms with Gasteiger partial charge in [0.15, 0.2) is 17.6 Å². The van der Waals surface area contributed by atoms with Gasteiger partial charge >= 0.3 is 0 Å². The molecule has 2 aromatic carbocycles. The first-order valence-electron chi connectivity index (χ1n) is 8.29. The zero-order valence-corrected chi connectivity index (χ0v) is 15.8. The number of hydrogen-bond acceptors (Lipinski definition) is 4. The molecule has 0 aliphatic carbocycles. The molecular formula is C21H19ClO4. The fraction of sp³-hybridized carbons (Fsp3) is 0.238. The van der Waals surface area contributed by atoms with Crippen LogP contribution in [0.4, 0.5) is 0 Å². The van der Waals surface area contributed by atoms with Crippen LogP contribution in [0.2, 0.25) is 5.02 Å². The Kier molecular flexibility index (Phi) is 4.88. The van der Waals surface area contributed by atoms with Crippen molar-refractivity contribution in [2.45, 2.75) is 33.8 Å². The zero-order valence-electron chi connectivity index (χ0n) is 15.1. The normalized spacial score (nSPS) is 12.2. The van der Waals surface area contributed by atoms with E-state index < -0.39 is 6.10 Å². The van der Waals surface area contributed by atoms with Crippen LogP contribution in [0.5, 0.6) is 5.75 Å². The summed E-state index contributed by atoms with van der Waals surface area (Å²) in [7, 11) is 0. The first-order chi connectivity index (χ1) is 12.3. The number of carbonyl (C=O) groups is 1. The SMILES string of the molecule is CC(=O)[C@H](C)Oc1c(-c2ccc(Cl)cc2)oc2cc(C)c(C)cc2c1=O. The second-order valence-corrected chi connectivity index (χ2v) is 6.84. The van der Waals surface area contributed by atoms with E-state index in [0.29, 0.717) is 21.6 Å². The number of ketones is 1. The molecule has 0 aliphatic heterocycles. The van der Waals surface area contributed by atoms with Crippen molar-refractivity contribution < 1.29 is 13.9 Å². The van der Waals surface area contributed by atoms with Crippen LogP contribution < -0.4 is 10.2 Å². The summed E-state index contributed by atoms with van der Waals surface area (Å²) in [6.07, 6.45) is -0.757. The van der Waals surface area contributed by atoms with Crippen LogP contribution in [-0.2, 0) is 4.79 Å². The first kappa shape index (κ1) is 18.2. The molecule has 0 bridgehead atoms. The monoisotopic (exact) mass is 370 g/mol. The summed E-state index contributed by atoms with van der Waals surface area (Å²) < 4.78 is 11.7. The Labute approximate surface area is 156 Å². The van der Waals surface area contributed by atoms with Crippen molar-refractivity contribution >= 4 is 28.4 Å². The van der Waals surface area contributed by atoms with E-state index in [9.17, 15) is 9.59 Å². The lowest BCUT2D eigenvalue weighted by molar-refractivity contribution is -0.122. The Hall–Kier alpha value is -2.59. The van der Waals surface area contributed by atoms with E-state index in [2.05, 4.69) is 0 Å². The lowest BCUT2D eigenvalue weighted by Gasteiger charge is -2.15. The van der Waals surface area contributed by atoms with E-state index >= 15 is 0 Å². The summed E-state index contributed by atoms with van der Waals surface area (Å²) in [4.78, 5) is 24.7. The molecule has 0 saturated carbocycles. The van der Waals surface area contributed by atoms with E-state index in [0.717, 1.165) is 11.1 Å². The van der Waals surface area contributed by atoms with Crippen LogP contribution in [0.3, 0.4) is 0 Å². The van der Waals surface area contributed by atoms with Gasteiger partial charge in [0.25, 0.3) is 0 Å². The Balaban J connectivity index is 2.32. The average Bonchev–Trinajstić information content (AvgIpc) is 2.59. The summed E-state index contributed by atoms with van der Waals surface area (Å²) in [6.45, 7) is 6.92. The number of hydrogen-bond donors (Lipinski definition) is 0. The second kappa shape index (κ2) is 6.96. The third-order valence-corrected chi connectivity index (χ3v) is 4.69. The van der Waals surface area contributed by atoms with Gasteiger partial charge in [0.2, 0.25) is 11.2 Å². The molecule has 1 atom stereocenters. The molecule has 134 valence electrons. The molecule has 0 amide bonds. The summed E-state index contributed by atoms with van der Waals surface area (Å²) in [5.74, 6) is 0.146. The molecule has 3 rings (SSSR count). The Bertz CT molecular complexity index is 1050. The van der Waals surface area contributed by atoms with Crippen LogP contribution in [0.1, 0.15) is 25.0 Å². The Morgan fingerprint density at radius 2 is 1.73 bits per heavy atom. The van der Waals surface area contributed by atoms with Crippen molar-refractivity contribution in [3.05, 3.63) is 62.8 Å². The highest BCUT2D eigenvalue weighted by Gasteiger charge is 2.21. The van der Waals surface area contributed by atoms with Gasteiger partial charge in [0, 0.05) is 10.6 Å². The second-order valence-electron chi connectivity index (χ2n) is 6.40. The molecule has 26 heavy (non-hydrogen) atoms. The van der Waals surface area contributed by atoms with Crippen molar-refractivity contribution in [1.82, 2.24) is 0 Å². The molecule has 0 saturated heterocycles. The third-order valence-electron chi connectivity index (χ3n) is 4.44. The molecule has 4 nitrogen and oxygen atoms in total. The summed E-state index contributed by atoms with van der Waals surface area (Å²) in [5.41, 5.74) is 2.83. The van der Waals surface area contributed by atoms with E-state index in [1.807, 2.05) is 19.9 Å². The van der Waals surface area contributed by atoms with Gasteiger partial charge in [-0.1, -0.05) is 11.6 Å². The predicted molar refractivity (Wildman–Crippen MR) is 103 cm³/mol. The number of halogens is 1. The maximum absolute atomic E-state index is 13.1. The zero-order chi connectivity index (χ0) is 19.0. The largest absolute Gasteiger partial charge is 0.475 e. The highest BCUT2D eigenvalue weighted by molar-refractivity contribution is 6.30. The lowest BCUT2D eigenvalue weighted by atomic mass is 10.0. The topological polar surface area (TPSA) is 56.5 Å². The van der Waals surface area contributed by atoms with Crippen molar-refractivity contribution in [1.29, 1.82) is 0 Å². The molecular weight excluding hydrogens is 352 g/mol. The van der Waals surface area contributed by atoms with Crippen LogP contribution in [-0.4, -0.2) is 11.9 Å². The average molecular weight is 371 g/mol. The van der Waals surface area contributed by atoms with Gasteiger partial charge in [0.05, 0.1) is 5.39 Å². The molecule has 0 unspecified atom stereocenters. The van der Waals surface area contributed by atoms with Gasteiger partial charge in [-0.05, 0) is 75.2 Å². The summed E-state index contributed by atoms with van der Waals surface area (Å²) in [5, 5.41) is 1.000. The van der Waals surface area contributed by atoms with Gasteiger partial charge in [0.1, 0.15) is 5.58 Å². The summed E-state index contributed by atoms with van der Waals surface area (Å²) >= 11 is 5.96. The van der Waals surface area contributed by atoms with Crippen LogP contribution in [0.25, 0.3) is 22.3 Å². The quantitative estimate of drug-likeness (QED) is 0.642. The Morgan fingerprint density at radius 1 is 1.12 bits per heavy atom. The molecule has 1 heterocycles. The molecule has 0 radical (unpaired) electrons. The molecule has 0 fully saturated rings. The maximum Gasteiger partial charge on any atom is 0.235 e. The van der Waals surface area contributed by atoms with Gasteiger partial charge in [-0.3, -0.25) is 9.59 Å². The molecule has 0 spiro atoms. The number of carbonyl (C=O) groups excluding carboxylic acids is 1.